The Balaban J connectivity index is 1.57. The van der Waals surface area contributed by atoms with Crippen molar-refractivity contribution in [1.82, 2.24) is 10.2 Å². The van der Waals surface area contributed by atoms with E-state index in [1.807, 2.05) is 18.2 Å². The number of rotatable bonds is 4. The maximum Gasteiger partial charge on any atom is 0.319 e. The van der Waals surface area contributed by atoms with Crippen molar-refractivity contribution >= 4 is 11.7 Å². The molecule has 0 bridgehead atoms. The van der Waals surface area contributed by atoms with Crippen LogP contribution in [-0.2, 0) is 11.3 Å². The van der Waals surface area contributed by atoms with Gasteiger partial charge in [0.05, 0.1) is 13.2 Å². The second-order valence-electron chi connectivity index (χ2n) is 6.48. The molecule has 2 aliphatic rings. The molecular weight excluding hydrogens is 290 g/mol. The summed E-state index contributed by atoms with van der Waals surface area (Å²) in [5, 5.41) is 6.15. The number of carbonyl (C=O) groups excluding carboxylic acids is 1. The molecule has 5 heteroatoms. The van der Waals surface area contributed by atoms with E-state index in [0.29, 0.717) is 6.04 Å². The van der Waals surface area contributed by atoms with Gasteiger partial charge in [0.15, 0.2) is 0 Å². The van der Waals surface area contributed by atoms with Crippen LogP contribution >= 0.6 is 0 Å². The van der Waals surface area contributed by atoms with Gasteiger partial charge in [0.2, 0.25) is 0 Å². The zero-order valence-corrected chi connectivity index (χ0v) is 13.7. The highest BCUT2D eigenvalue weighted by Gasteiger charge is 2.17. The van der Waals surface area contributed by atoms with Crippen molar-refractivity contribution in [3.8, 4) is 0 Å². The molecule has 1 heterocycles. The molecule has 1 saturated heterocycles. The molecule has 0 spiro atoms. The lowest BCUT2D eigenvalue weighted by molar-refractivity contribution is 0.0343. The molecule has 126 valence electrons. The number of morpholine rings is 1. The second kappa shape index (κ2) is 8.31. The molecule has 5 nitrogen and oxygen atoms in total. The normalized spacial score (nSPS) is 20.2. The smallest absolute Gasteiger partial charge is 0.319 e. The molecule has 1 saturated carbocycles. The van der Waals surface area contributed by atoms with Crippen molar-refractivity contribution in [2.24, 2.45) is 0 Å². The van der Waals surface area contributed by atoms with Gasteiger partial charge in [-0.15, -0.1) is 0 Å². The summed E-state index contributed by atoms with van der Waals surface area (Å²) in [6, 6.07) is 8.32. The molecule has 2 N–H and O–H groups in total. The van der Waals surface area contributed by atoms with Crippen LogP contribution in [0.5, 0.6) is 0 Å². The quantitative estimate of drug-likeness (QED) is 0.897. The van der Waals surface area contributed by atoms with Crippen molar-refractivity contribution in [3.05, 3.63) is 29.8 Å². The average molecular weight is 317 g/mol. The maximum absolute atomic E-state index is 12.3. The number of hydrogen-bond acceptors (Lipinski definition) is 3. The van der Waals surface area contributed by atoms with E-state index in [1.165, 1.54) is 19.3 Å². The fourth-order valence-electron chi connectivity index (χ4n) is 3.37. The molecule has 2 fully saturated rings. The molecule has 1 aliphatic heterocycles. The van der Waals surface area contributed by atoms with Gasteiger partial charge in [0, 0.05) is 31.4 Å². The Morgan fingerprint density at radius 3 is 2.65 bits per heavy atom. The molecule has 2 amide bonds. The minimum absolute atomic E-state index is 0.0775. The van der Waals surface area contributed by atoms with E-state index in [9.17, 15) is 4.79 Å². The van der Waals surface area contributed by atoms with Gasteiger partial charge in [-0.05, 0) is 24.5 Å². The summed E-state index contributed by atoms with van der Waals surface area (Å²) in [6.07, 6.45) is 5.94. The van der Waals surface area contributed by atoms with E-state index < -0.39 is 0 Å². The molecule has 3 rings (SSSR count). The van der Waals surface area contributed by atoms with Crippen LogP contribution in [0.3, 0.4) is 0 Å². The van der Waals surface area contributed by atoms with Gasteiger partial charge in [-0.3, -0.25) is 4.90 Å². The van der Waals surface area contributed by atoms with Crippen molar-refractivity contribution in [2.45, 2.75) is 44.7 Å². The first-order valence-corrected chi connectivity index (χ1v) is 8.77. The number of hydrogen-bond donors (Lipinski definition) is 2. The Hall–Kier alpha value is -1.59. The summed E-state index contributed by atoms with van der Waals surface area (Å²) in [5.41, 5.74) is 2.07. The Morgan fingerprint density at radius 1 is 1.13 bits per heavy atom. The van der Waals surface area contributed by atoms with Crippen molar-refractivity contribution in [1.29, 1.82) is 0 Å². The third kappa shape index (κ3) is 4.94. The van der Waals surface area contributed by atoms with Crippen LogP contribution in [0.4, 0.5) is 10.5 Å². The first-order valence-electron chi connectivity index (χ1n) is 8.77. The van der Waals surface area contributed by atoms with Crippen LogP contribution in [0.25, 0.3) is 0 Å². The zero-order chi connectivity index (χ0) is 15.9. The standard InChI is InChI=1S/C18H27N3O2/c22-18(19-16-7-2-1-3-8-16)20-17-9-5-4-6-15(17)14-21-10-12-23-13-11-21/h4-6,9,16H,1-3,7-8,10-14H2,(H2,19,20,22). The Morgan fingerprint density at radius 2 is 1.87 bits per heavy atom. The first-order chi connectivity index (χ1) is 11.3. The van der Waals surface area contributed by atoms with E-state index in [2.05, 4.69) is 21.6 Å². The molecule has 1 aromatic carbocycles. The molecule has 0 atom stereocenters. The highest BCUT2D eigenvalue weighted by Crippen LogP contribution is 2.20. The maximum atomic E-state index is 12.3. The number of ether oxygens (including phenoxy) is 1. The van der Waals surface area contributed by atoms with E-state index >= 15 is 0 Å². The van der Waals surface area contributed by atoms with Gasteiger partial charge in [-0.1, -0.05) is 37.5 Å². The number of anilines is 1. The van der Waals surface area contributed by atoms with Gasteiger partial charge < -0.3 is 15.4 Å². The zero-order valence-electron chi connectivity index (χ0n) is 13.7. The van der Waals surface area contributed by atoms with Gasteiger partial charge >= 0.3 is 6.03 Å². The molecule has 1 aromatic rings. The summed E-state index contributed by atoms with van der Waals surface area (Å²) in [5.74, 6) is 0. The van der Waals surface area contributed by atoms with E-state index in [1.54, 1.807) is 0 Å². The minimum atomic E-state index is -0.0775. The molecule has 0 radical (unpaired) electrons. The fourth-order valence-corrected chi connectivity index (χ4v) is 3.37. The molecule has 0 aromatic heterocycles. The number of urea groups is 1. The summed E-state index contributed by atoms with van der Waals surface area (Å²) < 4.78 is 5.40. The molecular formula is C18H27N3O2. The Labute approximate surface area is 138 Å². The summed E-state index contributed by atoms with van der Waals surface area (Å²) in [4.78, 5) is 14.6. The third-order valence-electron chi connectivity index (χ3n) is 4.70. The van der Waals surface area contributed by atoms with E-state index in [0.717, 1.165) is 56.9 Å². The van der Waals surface area contributed by atoms with Crippen LogP contribution in [0.1, 0.15) is 37.7 Å². The van der Waals surface area contributed by atoms with E-state index in [-0.39, 0.29) is 6.03 Å². The van der Waals surface area contributed by atoms with Crippen molar-refractivity contribution < 1.29 is 9.53 Å². The largest absolute Gasteiger partial charge is 0.379 e. The SMILES string of the molecule is O=C(Nc1ccccc1CN1CCOCC1)NC1CCCCC1. The predicted molar refractivity (Wildman–Crippen MR) is 91.6 cm³/mol. The van der Waals surface area contributed by atoms with Gasteiger partial charge in [-0.2, -0.15) is 0 Å². The highest BCUT2D eigenvalue weighted by molar-refractivity contribution is 5.90. The van der Waals surface area contributed by atoms with E-state index in [4.69, 9.17) is 4.74 Å². The minimum Gasteiger partial charge on any atom is -0.379 e. The summed E-state index contributed by atoms with van der Waals surface area (Å²) >= 11 is 0. The fraction of sp³-hybridized carbons (Fsp3) is 0.611. The van der Waals surface area contributed by atoms with Crippen molar-refractivity contribution in [2.75, 3.05) is 31.6 Å². The first kappa shape index (κ1) is 16.3. The Kier molecular flexibility index (Phi) is 5.88. The number of amides is 2. The molecule has 23 heavy (non-hydrogen) atoms. The highest BCUT2D eigenvalue weighted by atomic mass is 16.5. The van der Waals surface area contributed by atoms with Crippen molar-refractivity contribution in [3.63, 3.8) is 0 Å². The van der Waals surface area contributed by atoms with Crippen LogP contribution in [-0.4, -0.2) is 43.3 Å². The van der Waals surface area contributed by atoms with Crippen LogP contribution in [0.15, 0.2) is 24.3 Å². The number of nitrogens with one attached hydrogen (secondary N) is 2. The summed E-state index contributed by atoms with van der Waals surface area (Å²) in [7, 11) is 0. The molecule has 0 unspecified atom stereocenters. The number of carbonyl (C=O) groups is 1. The van der Waals surface area contributed by atoms with Crippen LogP contribution in [0, 0.1) is 0 Å². The number of benzene rings is 1. The van der Waals surface area contributed by atoms with Crippen LogP contribution in [0.2, 0.25) is 0 Å². The lowest BCUT2D eigenvalue weighted by Gasteiger charge is -2.27. The predicted octanol–water partition coefficient (Wildman–Crippen LogP) is 2.97. The van der Waals surface area contributed by atoms with Gasteiger partial charge in [0.25, 0.3) is 0 Å². The monoisotopic (exact) mass is 317 g/mol. The lowest BCUT2D eigenvalue weighted by Crippen LogP contribution is -2.39. The molecule has 1 aliphatic carbocycles. The second-order valence-corrected chi connectivity index (χ2v) is 6.48. The number of nitrogens with zero attached hydrogens (tertiary/aromatic N) is 1. The number of para-hydroxylation sites is 1. The van der Waals surface area contributed by atoms with Crippen LogP contribution < -0.4 is 10.6 Å². The Bertz CT molecular complexity index is 509. The third-order valence-corrected chi connectivity index (χ3v) is 4.70. The topological polar surface area (TPSA) is 53.6 Å². The summed E-state index contributed by atoms with van der Waals surface area (Å²) in [6.45, 7) is 4.32. The van der Waals surface area contributed by atoms with Gasteiger partial charge in [0.1, 0.15) is 0 Å². The lowest BCUT2D eigenvalue weighted by atomic mass is 9.96. The van der Waals surface area contributed by atoms with Gasteiger partial charge in [-0.25, -0.2) is 4.79 Å². The average Bonchev–Trinajstić information content (AvgIpc) is 2.58.